The summed E-state index contributed by atoms with van der Waals surface area (Å²) in [7, 11) is 0. The number of carbonyl (C=O) groups excluding carboxylic acids is 1. The predicted octanol–water partition coefficient (Wildman–Crippen LogP) is 1.43. The highest BCUT2D eigenvalue weighted by Crippen LogP contribution is 2.17. The molecule has 3 N–H and O–H groups in total. The van der Waals surface area contributed by atoms with Crippen molar-refractivity contribution in [1.29, 1.82) is 0 Å². The second kappa shape index (κ2) is 9.34. The van der Waals surface area contributed by atoms with Gasteiger partial charge in [0.1, 0.15) is 0 Å². The molecule has 1 aliphatic rings. The van der Waals surface area contributed by atoms with Crippen molar-refractivity contribution < 1.29 is 9.90 Å². The molecule has 0 radical (unpaired) electrons. The first-order valence-electron chi connectivity index (χ1n) is 7.33. The van der Waals surface area contributed by atoms with Crippen molar-refractivity contribution in [2.24, 2.45) is 5.92 Å². The Bertz CT molecular complexity index is 228. The lowest BCUT2D eigenvalue weighted by atomic mass is 9.95. The number of amides is 1. The van der Waals surface area contributed by atoms with Crippen molar-refractivity contribution in [3.05, 3.63) is 0 Å². The minimum absolute atomic E-state index is 0.122. The van der Waals surface area contributed by atoms with Crippen molar-refractivity contribution in [2.45, 2.75) is 57.9 Å². The highest BCUT2D eigenvalue weighted by atomic mass is 16.3. The van der Waals surface area contributed by atoms with Crippen LogP contribution < -0.4 is 10.6 Å². The van der Waals surface area contributed by atoms with Crippen molar-refractivity contribution in [2.75, 3.05) is 19.7 Å². The SMILES string of the molecule is CC(CO)CCCNCC(=O)NC1CCCCC1. The van der Waals surface area contributed by atoms with Gasteiger partial charge in [-0.3, -0.25) is 4.79 Å². The molecule has 1 atom stereocenters. The summed E-state index contributed by atoms with van der Waals surface area (Å²) in [6, 6.07) is 0.405. The summed E-state index contributed by atoms with van der Waals surface area (Å²) in [4.78, 5) is 11.7. The summed E-state index contributed by atoms with van der Waals surface area (Å²) < 4.78 is 0. The van der Waals surface area contributed by atoms with Crippen LogP contribution in [0.25, 0.3) is 0 Å². The number of hydrogen-bond donors (Lipinski definition) is 3. The maximum absolute atomic E-state index is 11.7. The number of carbonyl (C=O) groups is 1. The third-order valence-corrected chi connectivity index (χ3v) is 3.62. The Morgan fingerprint density at radius 3 is 2.72 bits per heavy atom. The monoisotopic (exact) mass is 256 g/mol. The quantitative estimate of drug-likeness (QED) is 0.576. The van der Waals surface area contributed by atoms with Gasteiger partial charge in [-0.25, -0.2) is 0 Å². The van der Waals surface area contributed by atoms with E-state index in [1.54, 1.807) is 0 Å². The van der Waals surface area contributed by atoms with Crippen LogP contribution in [0.5, 0.6) is 0 Å². The lowest BCUT2D eigenvalue weighted by Gasteiger charge is -2.22. The molecule has 0 aliphatic heterocycles. The van der Waals surface area contributed by atoms with Crippen LogP contribution in [-0.2, 0) is 4.79 Å². The first-order chi connectivity index (χ1) is 8.72. The molecule has 18 heavy (non-hydrogen) atoms. The van der Waals surface area contributed by atoms with Gasteiger partial charge in [-0.2, -0.15) is 0 Å². The minimum Gasteiger partial charge on any atom is -0.396 e. The standard InChI is InChI=1S/C14H28N2O2/c1-12(11-17)6-5-9-15-10-14(18)16-13-7-3-2-4-8-13/h12-13,15,17H,2-11H2,1H3,(H,16,18). The van der Waals surface area contributed by atoms with Gasteiger partial charge in [-0.15, -0.1) is 0 Å². The van der Waals surface area contributed by atoms with Crippen LogP contribution in [0.15, 0.2) is 0 Å². The molecule has 4 heteroatoms. The predicted molar refractivity (Wildman–Crippen MR) is 73.4 cm³/mol. The number of aliphatic hydroxyl groups is 1. The van der Waals surface area contributed by atoms with E-state index >= 15 is 0 Å². The second-order valence-corrected chi connectivity index (χ2v) is 5.51. The third-order valence-electron chi connectivity index (χ3n) is 3.62. The molecule has 0 aromatic carbocycles. The fourth-order valence-corrected chi connectivity index (χ4v) is 2.39. The topological polar surface area (TPSA) is 61.4 Å². The van der Waals surface area contributed by atoms with Gasteiger partial charge in [0, 0.05) is 12.6 Å². The molecule has 0 saturated heterocycles. The van der Waals surface area contributed by atoms with Crippen LogP contribution >= 0.6 is 0 Å². The lowest BCUT2D eigenvalue weighted by Crippen LogP contribution is -2.41. The molecule has 1 rings (SSSR count). The number of aliphatic hydroxyl groups excluding tert-OH is 1. The summed E-state index contributed by atoms with van der Waals surface area (Å²) >= 11 is 0. The number of hydrogen-bond acceptors (Lipinski definition) is 3. The Morgan fingerprint density at radius 1 is 1.33 bits per heavy atom. The fraction of sp³-hybridized carbons (Fsp3) is 0.929. The number of nitrogens with one attached hydrogen (secondary N) is 2. The zero-order chi connectivity index (χ0) is 13.2. The average molecular weight is 256 g/mol. The molecule has 1 saturated carbocycles. The first kappa shape index (κ1) is 15.4. The van der Waals surface area contributed by atoms with Crippen LogP contribution in [0.1, 0.15) is 51.9 Å². The third kappa shape index (κ3) is 6.97. The van der Waals surface area contributed by atoms with Crippen molar-refractivity contribution in [1.82, 2.24) is 10.6 Å². The molecule has 4 nitrogen and oxygen atoms in total. The summed E-state index contributed by atoms with van der Waals surface area (Å²) in [6.45, 7) is 3.56. The smallest absolute Gasteiger partial charge is 0.234 e. The first-order valence-corrected chi connectivity index (χ1v) is 7.33. The molecule has 1 fully saturated rings. The Hall–Kier alpha value is -0.610. The fourth-order valence-electron chi connectivity index (χ4n) is 2.39. The largest absolute Gasteiger partial charge is 0.396 e. The van der Waals surface area contributed by atoms with Crippen LogP contribution in [0, 0.1) is 5.92 Å². The van der Waals surface area contributed by atoms with E-state index in [4.69, 9.17) is 5.11 Å². The average Bonchev–Trinajstić information content (AvgIpc) is 2.39. The second-order valence-electron chi connectivity index (χ2n) is 5.51. The Kier molecular flexibility index (Phi) is 8.01. The molecule has 0 aromatic heterocycles. The molecule has 1 unspecified atom stereocenters. The number of rotatable bonds is 8. The maximum Gasteiger partial charge on any atom is 0.234 e. The van der Waals surface area contributed by atoms with E-state index in [-0.39, 0.29) is 12.5 Å². The van der Waals surface area contributed by atoms with Gasteiger partial charge in [0.2, 0.25) is 5.91 Å². The Labute approximate surface area is 111 Å². The van der Waals surface area contributed by atoms with E-state index in [9.17, 15) is 4.79 Å². The van der Waals surface area contributed by atoms with E-state index in [2.05, 4.69) is 10.6 Å². The van der Waals surface area contributed by atoms with E-state index in [1.165, 1.54) is 19.3 Å². The minimum atomic E-state index is 0.122. The molecule has 1 amide bonds. The Balaban J connectivity index is 1.96. The summed E-state index contributed by atoms with van der Waals surface area (Å²) in [5.41, 5.74) is 0. The summed E-state index contributed by atoms with van der Waals surface area (Å²) in [5.74, 6) is 0.486. The van der Waals surface area contributed by atoms with Gasteiger partial charge in [0.15, 0.2) is 0 Å². The van der Waals surface area contributed by atoms with Crippen molar-refractivity contribution >= 4 is 5.91 Å². The maximum atomic E-state index is 11.7. The van der Waals surface area contributed by atoms with Gasteiger partial charge < -0.3 is 15.7 Å². The molecule has 0 heterocycles. The van der Waals surface area contributed by atoms with Gasteiger partial charge in [0.25, 0.3) is 0 Å². The molecular formula is C14H28N2O2. The zero-order valence-corrected chi connectivity index (χ0v) is 11.6. The highest BCUT2D eigenvalue weighted by Gasteiger charge is 2.14. The van der Waals surface area contributed by atoms with Crippen LogP contribution in [0.4, 0.5) is 0 Å². The molecular weight excluding hydrogens is 228 g/mol. The van der Waals surface area contributed by atoms with E-state index in [1.807, 2.05) is 6.92 Å². The summed E-state index contributed by atoms with van der Waals surface area (Å²) in [6.07, 6.45) is 8.11. The van der Waals surface area contributed by atoms with Gasteiger partial charge in [0.05, 0.1) is 6.54 Å². The van der Waals surface area contributed by atoms with Crippen molar-refractivity contribution in [3.8, 4) is 0 Å². The van der Waals surface area contributed by atoms with Gasteiger partial charge in [-0.05, 0) is 38.1 Å². The van der Waals surface area contributed by atoms with Gasteiger partial charge in [-0.1, -0.05) is 26.2 Å². The molecule has 0 bridgehead atoms. The molecule has 0 aromatic rings. The molecule has 1 aliphatic carbocycles. The zero-order valence-electron chi connectivity index (χ0n) is 11.6. The van der Waals surface area contributed by atoms with Crippen LogP contribution in [0.2, 0.25) is 0 Å². The van der Waals surface area contributed by atoms with E-state index in [0.717, 1.165) is 32.2 Å². The lowest BCUT2D eigenvalue weighted by molar-refractivity contribution is -0.121. The molecule has 106 valence electrons. The van der Waals surface area contributed by atoms with Crippen LogP contribution in [0.3, 0.4) is 0 Å². The van der Waals surface area contributed by atoms with E-state index < -0.39 is 0 Å². The normalized spacial score (nSPS) is 18.6. The van der Waals surface area contributed by atoms with Crippen molar-refractivity contribution in [3.63, 3.8) is 0 Å². The van der Waals surface area contributed by atoms with E-state index in [0.29, 0.717) is 18.5 Å². The molecule has 0 spiro atoms. The highest BCUT2D eigenvalue weighted by molar-refractivity contribution is 5.78. The van der Waals surface area contributed by atoms with Crippen LogP contribution in [-0.4, -0.2) is 36.8 Å². The Morgan fingerprint density at radius 2 is 2.06 bits per heavy atom. The van der Waals surface area contributed by atoms with Gasteiger partial charge >= 0.3 is 0 Å². The summed E-state index contributed by atoms with van der Waals surface area (Å²) in [5, 5.41) is 15.1.